The zero-order chi connectivity index (χ0) is 15.4. The number of hydrogen-bond donors (Lipinski definition) is 1. The van der Waals surface area contributed by atoms with Crippen molar-refractivity contribution in [2.24, 2.45) is 0 Å². The molecule has 3 nitrogen and oxygen atoms in total. The average molecular weight is 379 g/mol. The van der Waals surface area contributed by atoms with Gasteiger partial charge in [-0.3, -0.25) is 4.79 Å². The van der Waals surface area contributed by atoms with Gasteiger partial charge in [-0.2, -0.15) is 0 Å². The van der Waals surface area contributed by atoms with Gasteiger partial charge in [0.25, 0.3) is 0 Å². The lowest BCUT2D eigenvalue weighted by Gasteiger charge is -2.22. The van der Waals surface area contributed by atoms with E-state index in [9.17, 15) is 4.79 Å². The number of amides is 1. The lowest BCUT2D eigenvalue weighted by Crippen LogP contribution is -2.11. The first-order valence-electron chi connectivity index (χ1n) is 7.68. The van der Waals surface area contributed by atoms with Gasteiger partial charge >= 0.3 is 0 Å². The summed E-state index contributed by atoms with van der Waals surface area (Å²) in [6, 6.07) is 8.77. The summed E-state index contributed by atoms with van der Waals surface area (Å²) in [4.78, 5) is 15.8. The summed E-state index contributed by atoms with van der Waals surface area (Å²) in [5.74, 6) is 0.653. The molecule has 1 saturated carbocycles. The van der Waals surface area contributed by atoms with E-state index < -0.39 is 0 Å². The van der Waals surface area contributed by atoms with Crippen molar-refractivity contribution in [2.45, 2.75) is 38.0 Å². The monoisotopic (exact) mass is 378 g/mol. The van der Waals surface area contributed by atoms with Gasteiger partial charge in [0.15, 0.2) is 5.13 Å². The van der Waals surface area contributed by atoms with E-state index in [1.165, 1.54) is 49.0 Å². The Labute approximate surface area is 143 Å². The zero-order valence-electron chi connectivity index (χ0n) is 12.3. The van der Waals surface area contributed by atoms with Crippen LogP contribution in [0.2, 0.25) is 0 Å². The predicted octanol–water partition coefficient (Wildman–Crippen LogP) is 5.19. The quantitative estimate of drug-likeness (QED) is 0.743. The highest BCUT2D eigenvalue weighted by atomic mass is 79.9. The van der Waals surface area contributed by atoms with Crippen LogP contribution in [-0.2, 0) is 4.79 Å². The number of thiazole rings is 1. The Bertz CT molecular complexity index is 632. The molecule has 2 aromatic rings. The van der Waals surface area contributed by atoms with Gasteiger partial charge in [0.1, 0.15) is 0 Å². The Balaban J connectivity index is 1.71. The van der Waals surface area contributed by atoms with E-state index in [2.05, 4.69) is 50.5 Å². The number of halogens is 1. The van der Waals surface area contributed by atoms with E-state index in [0.29, 0.717) is 5.13 Å². The SMILES string of the molecule is O=C(CBr)Nc1nc(-c2ccc(C3CCCCC3)cc2)cs1. The van der Waals surface area contributed by atoms with Crippen LogP contribution in [0.3, 0.4) is 0 Å². The third-order valence-corrected chi connectivity index (χ3v) is 5.42. The van der Waals surface area contributed by atoms with Crippen LogP contribution >= 0.6 is 27.3 Å². The fourth-order valence-corrected chi connectivity index (χ4v) is 3.85. The lowest BCUT2D eigenvalue weighted by molar-refractivity contribution is -0.113. The highest BCUT2D eigenvalue weighted by Gasteiger charge is 2.15. The van der Waals surface area contributed by atoms with Crippen LogP contribution in [0.4, 0.5) is 5.13 Å². The molecule has 0 radical (unpaired) electrons. The second kappa shape index (κ2) is 7.38. The van der Waals surface area contributed by atoms with Crippen molar-refractivity contribution in [1.29, 1.82) is 0 Å². The second-order valence-corrected chi connectivity index (χ2v) is 7.10. The fraction of sp³-hybridized carbons (Fsp3) is 0.412. The van der Waals surface area contributed by atoms with Gasteiger partial charge in [-0.25, -0.2) is 4.98 Å². The second-order valence-electron chi connectivity index (χ2n) is 5.68. The van der Waals surface area contributed by atoms with E-state index in [1.54, 1.807) is 0 Å². The largest absolute Gasteiger partial charge is 0.301 e. The van der Waals surface area contributed by atoms with Crippen molar-refractivity contribution in [3.8, 4) is 11.3 Å². The molecule has 1 aliphatic carbocycles. The van der Waals surface area contributed by atoms with Crippen molar-refractivity contribution >= 4 is 38.3 Å². The smallest absolute Gasteiger partial charge is 0.236 e. The first kappa shape index (κ1) is 15.7. The number of nitrogens with one attached hydrogen (secondary N) is 1. The summed E-state index contributed by atoms with van der Waals surface area (Å²) in [5, 5.41) is 5.69. The number of hydrogen-bond acceptors (Lipinski definition) is 3. The normalized spacial score (nSPS) is 15.7. The van der Waals surface area contributed by atoms with Crippen molar-refractivity contribution in [3.63, 3.8) is 0 Å². The molecule has 1 aliphatic rings. The Morgan fingerprint density at radius 3 is 2.64 bits per heavy atom. The molecule has 1 amide bonds. The van der Waals surface area contributed by atoms with Gasteiger partial charge < -0.3 is 5.32 Å². The van der Waals surface area contributed by atoms with Crippen LogP contribution in [0.15, 0.2) is 29.6 Å². The van der Waals surface area contributed by atoms with E-state index in [-0.39, 0.29) is 11.2 Å². The van der Waals surface area contributed by atoms with Gasteiger partial charge in [0, 0.05) is 10.9 Å². The molecule has 0 spiro atoms. The number of benzene rings is 1. The maximum Gasteiger partial charge on any atom is 0.236 e. The molecule has 116 valence electrons. The molecule has 0 aliphatic heterocycles. The van der Waals surface area contributed by atoms with Crippen molar-refractivity contribution in [3.05, 3.63) is 35.2 Å². The number of alkyl halides is 1. The number of nitrogens with zero attached hydrogens (tertiary/aromatic N) is 1. The Hall–Kier alpha value is -1.20. The summed E-state index contributed by atoms with van der Waals surface area (Å²) < 4.78 is 0. The lowest BCUT2D eigenvalue weighted by atomic mass is 9.84. The van der Waals surface area contributed by atoms with Crippen LogP contribution < -0.4 is 5.32 Å². The average Bonchev–Trinajstić information content (AvgIpc) is 3.04. The molecule has 5 heteroatoms. The minimum Gasteiger partial charge on any atom is -0.301 e. The summed E-state index contributed by atoms with van der Waals surface area (Å²) in [5.41, 5.74) is 3.48. The molecule has 0 unspecified atom stereocenters. The Kier molecular flexibility index (Phi) is 5.26. The van der Waals surface area contributed by atoms with Crippen LogP contribution in [-0.4, -0.2) is 16.2 Å². The summed E-state index contributed by atoms with van der Waals surface area (Å²) in [6.07, 6.45) is 6.73. The van der Waals surface area contributed by atoms with Crippen LogP contribution in [0.25, 0.3) is 11.3 Å². The Morgan fingerprint density at radius 2 is 1.95 bits per heavy atom. The first-order valence-corrected chi connectivity index (χ1v) is 9.68. The zero-order valence-corrected chi connectivity index (χ0v) is 14.8. The fourth-order valence-electron chi connectivity index (χ4n) is 2.98. The maximum atomic E-state index is 11.4. The van der Waals surface area contributed by atoms with Gasteiger partial charge in [0.05, 0.1) is 11.0 Å². The van der Waals surface area contributed by atoms with E-state index in [0.717, 1.165) is 17.2 Å². The van der Waals surface area contributed by atoms with Crippen LogP contribution in [0, 0.1) is 0 Å². The number of aromatic nitrogens is 1. The minimum absolute atomic E-state index is 0.0754. The van der Waals surface area contributed by atoms with E-state index >= 15 is 0 Å². The maximum absolute atomic E-state index is 11.4. The number of rotatable bonds is 4. The topological polar surface area (TPSA) is 42.0 Å². The molecule has 22 heavy (non-hydrogen) atoms. The van der Waals surface area contributed by atoms with Crippen molar-refractivity contribution in [1.82, 2.24) is 4.98 Å². The third-order valence-electron chi connectivity index (χ3n) is 4.15. The molecule has 0 bridgehead atoms. The molecule has 1 heterocycles. The molecular weight excluding hydrogens is 360 g/mol. The van der Waals surface area contributed by atoms with Crippen LogP contribution in [0.5, 0.6) is 0 Å². The molecule has 1 fully saturated rings. The van der Waals surface area contributed by atoms with E-state index in [1.807, 2.05) is 5.38 Å². The summed E-state index contributed by atoms with van der Waals surface area (Å²) in [7, 11) is 0. The molecular formula is C17H19BrN2OS. The standard InChI is InChI=1S/C17H19BrN2OS/c18-10-16(21)20-17-19-15(11-22-17)14-8-6-13(7-9-14)12-4-2-1-3-5-12/h6-9,11-12H,1-5,10H2,(H,19,20,21). The number of anilines is 1. The molecule has 0 atom stereocenters. The molecule has 1 aromatic heterocycles. The minimum atomic E-state index is -0.0754. The van der Waals surface area contributed by atoms with E-state index in [4.69, 9.17) is 0 Å². The van der Waals surface area contributed by atoms with Gasteiger partial charge in [-0.15, -0.1) is 11.3 Å². The third kappa shape index (κ3) is 3.76. The highest BCUT2D eigenvalue weighted by Crippen LogP contribution is 2.34. The molecule has 1 N–H and O–H groups in total. The van der Waals surface area contributed by atoms with Crippen LogP contribution in [0.1, 0.15) is 43.6 Å². The van der Waals surface area contributed by atoms with Gasteiger partial charge in [0.2, 0.25) is 5.91 Å². The highest BCUT2D eigenvalue weighted by molar-refractivity contribution is 9.09. The van der Waals surface area contributed by atoms with Crippen molar-refractivity contribution in [2.75, 3.05) is 10.6 Å². The Morgan fingerprint density at radius 1 is 1.23 bits per heavy atom. The molecule has 3 rings (SSSR count). The predicted molar refractivity (Wildman–Crippen MR) is 95.8 cm³/mol. The molecule has 1 aromatic carbocycles. The van der Waals surface area contributed by atoms with Gasteiger partial charge in [-0.05, 0) is 24.3 Å². The number of carbonyl (C=O) groups is 1. The van der Waals surface area contributed by atoms with Gasteiger partial charge in [-0.1, -0.05) is 59.5 Å². The summed E-state index contributed by atoms with van der Waals surface area (Å²) in [6.45, 7) is 0. The van der Waals surface area contributed by atoms with Crippen molar-refractivity contribution < 1.29 is 4.79 Å². The first-order chi connectivity index (χ1) is 10.8. The molecule has 0 saturated heterocycles. The summed E-state index contributed by atoms with van der Waals surface area (Å²) >= 11 is 4.59. The number of carbonyl (C=O) groups excluding carboxylic acids is 1.